The number of hydrogen-bond acceptors (Lipinski definition) is 3. The highest BCUT2D eigenvalue weighted by Crippen LogP contribution is 2.22. The van der Waals surface area contributed by atoms with Gasteiger partial charge in [-0.1, -0.05) is 0 Å². The predicted octanol–water partition coefficient (Wildman–Crippen LogP) is 2.85. The Balaban J connectivity index is 3.31. The summed E-state index contributed by atoms with van der Waals surface area (Å²) in [4.78, 5) is 22.4. The average Bonchev–Trinajstić information content (AvgIpc) is 2.16. The number of carbonyl (C=O) groups is 2. The first-order valence-corrected chi connectivity index (χ1v) is 5.79. The molecule has 74 valence electrons. The van der Waals surface area contributed by atoms with Gasteiger partial charge in [-0.15, -0.1) is 0 Å². The van der Waals surface area contributed by atoms with Gasteiger partial charge in [0.25, 0.3) is 0 Å². The molecule has 0 aromatic heterocycles. The van der Waals surface area contributed by atoms with Crippen molar-refractivity contribution in [2.75, 3.05) is 7.11 Å². The highest BCUT2D eigenvalue weighted by molar-refractivity contribution is 14.1. The molecule has 0 aliphatic rings. The van der Waals surface area contributed by atoms with Crippen LogP contribution < -0.4 is 4.74 Å². The molecular formula is C9H6I2O3. The van der Waals surface area contributed by atoms with Crippen molar-refractivity contribution in [2.24, 2.45) is 0 Å². The van der Waals surface area contributed by atoms with Gasteiger partial charge in [-0.25, -0.2) is 0 Å². The van der Waals surface area contributed by atoms with Crippen molar-refractivity contribution in [1.82, 2.24) is 0 Å². The Kier molecular flexibility index (Phi) is 4.30. The average molecular weight is 416 g/mol. The summed E-state index contributed by atoms with van der Waals surface area (Å²) in [6.45, 7) is 0. The third-order valence-electron chi connectivity index (χ3n) is 1.65. The lowest BCUT2D eigenvalue weighted by Gasteiger charge is -2.04. The molecule has 0 heterocycles. The van der Waals surface area contributed by atoms with E-state index in [0.29, 0.717) is 16.9 Å². The van der Waals surface area contributed by atoms with Crippen LogP contribution in [0.1, 0.15) is 20.7 Å². The van der Waals surface area contributed by atoms with Crippen LogP contribution in [0.25, 0.3) is 0 Å². The topological polar surface area (TPSA) is 43.4 Å². The number of methoxy groups -OCH3 is 1. The Bertz CT molecular complexity index is 388. The quantitative estimate of drug-likeness (QED) is 0.563. The maximum absolute atomic E-state index is 11.2. The summed E-state index contributed by atoms with van der Waals surface area (Å²) in [5.41, 5.74) is 0.815. The molecule has 1 aromatic rings. The largest absolute Gasteiger partial charge is 0.497 e. The SMILES string of the molecule is COc1ccc(C(=O)I)c(C(=O)I)c1. The summed E-state index contributed by atoms with van der Waals surface area (Å²) in [6.07, 6.45) is 0. The van der Waals surface area contributed by atoms with E-state index < -0.39 is 0 Å². The zero-order valence-electron chi connectivity index (χ0n) is 7.21. The second-order valence-electron chi connectivity index (χ2n) is 2.46. The van der Waals surface area contributed by atoms with Gasteiger partial charge < -0.3 is 4.74 Å². The number of carbonyl (C=O) groups excluding carboxylic acids is 2. The van der Waals surface area contributed by atoms with E-state index in [4.69, 9.17) is 4.74 Å². The Morgan fingerprint density at radius 2 is 1.71 bits per heavy atom. The predicted molar refractivity (Wildman–Crippen MR) is 69.7 cm³/mol. The maximum atomic E-state index is 11.2. The molecule has 3 nitrogen and oxygen atoms in total. The Hall–Kier alpha value is -0.180. The van der Waals surface area contributed by atoms with Crippen LogP contribution in [-0.4, -0.2) is 14.7 Å². The Morgan fingerprint density at radius 3 is 2.14 bits per heavy atom. The lowest BCUT2D eigenvalue weighted by molar-refractivity contribution is 0.107. The summed E-state index contributed by atoms with van der Waals surface area (Å²) in [5, 5.41) is 0. The van der Waals surface area contributed by atoms with E-state index in [9.17, 15) is 9.59 Å². The zero-order chi connectivity index (χ0) is 10.7. The van der Waals surface area contributed by atoms with Crippen molar-refractivity contribution in [3.05, 3.63) is 29.3 Å². The lowest BCUT2D eigenvalue weighted by atomic mass is 10.1. The normalized spacial score (nSPS) is 9.64. The Morgan fingerprint density at radius 1 is 1.14 bits per heavy atom. The van der Waals surface area contributed by atoms with E-state index in [-0.39, 0.29) is 7.58 Å². The second-order valence-corrected chi connectivity index (χ2v) is 4.42. The van der Waals surface area contributed by atoms with Crippen molar-refractivity contribution in [3.63, 3.8) is 0 Å². The van der Waals surface area contributed by atoms with Gasteiger partial charge in [-0.3, -0.25) is 9.59 Å². The van der Waals surface area contributed by atoms with Crippen molar-refractivity contribution in [1.29, 1.82) is 0 Å². The third-order valence-corrected chi connectivity index (χ3v) is 2.81. The first-order chi connectivity index (χ1) is 6.56. The van der Waals surface area contributed by atoms with Gasteiger partial charge in [-0.05, 0) is 18.2 Å². The maximum Gasteiger partial charge on any atom is 0.223 e. The number of ether oxygens (including phenoxy) is 1. The molecule has 0 aliphatic carbocycles. The summed E-state index contributed by atoms with van der Waals surface area (Å²) in [7, 11) is 1.52. The van der Waals surface area contributed by atoms with E-state index >= 15 is 0 Å². The van der Waals surface area contributed by atoms with Gasteiger partial charge in [0.05, 0.1) is 7.11 Å². The molecule has 0 radical (unpaired) electrons. The molecule has 5 heteroatoms. The van der Waals surface area contributed by atoms with Gasteiger partial charge in [0.2, 0.25) is 7.58 Å². The standard InChI is InChI=1S/C9H6I2O3/c1-14-5-2-3-6(8(10)12)7(4-5)9(11)13/h2-4H,1H3. The van der Waals surface area contributed by atoms with Gasteiger partial charge in [-0.2, -0.15) is 0 Å². The van der Waals surface area contributed by atoms with Crippen LogP contribution in [0.15, 0.2) is 18.2 Å². The molecule has 0 saturated carbocycles. The second kappa shape index (κ2) is 5.06. The molecule has 14 heavy (non-hydrogen) atoms. The molecule has 0 aliphatic heterocycles. The van der Waals surface area contributed by atoms with E-state index in [0.717, 1.165) is 0 Å². The lowest BCUT2D eigenvalue weighted by Crippen LogP contribution is -2.00. The van der Waals surface area contributed by atoms with Crippen molar-refractivity contribution < 1.29 is 14.3 Å². The van der Waals surface area contributed by atoms with E-state index in [1.807, 2.05) is 0 Å². The smallest absolute Gasteiger partial charge is 0.223 e. The van der Waals surface area contributed by atoms with E-state index in [1.54, 1.807) is 63.4 Å². The van der Waals surface area contributed by atoms with Crippen molar-refractivity contribution in [3.8, 4) is 5.75 Å². The molecular weight excluding hydrogens is 410 g/mol. The molecule has 0 amide bonds. The summed E-state index contributed by atoms with van der Waals surface area (Å²) < 4.78 is 4.66. The van der Waals surface area contributed by atoms with E-state index in [2.05, 4.69) is 0 Å². The van der Waals surface area contributed by atoms with Crippen LogP contribution in [-0.2, 0) is 0 Å². The minimum absolute atomic E-state index is 0.148. The molecule has 0 fully saturated rings. The van der Waals surface area contributed by atoms with Crippen LogP contribution >= 0.6 is 45.2 Å². The first-order valence-electron chi connectivity index (χ1n) is 3.64. The minimum atomic E-state index is -0.165. The van der Waals surface area contributed by atoms with Gasteiger partial charge in [0.1, 0.15) is 5.75 Å². The molecule has 1 rings (SSSR count). The molecule has 0 bridgehead atoms. The number of rotatable bonds is 3. The van der Waals surface area contributed by atoms with Crippen LogP contribution in [0.3, 0.4) is 0 Å². The van der Waals surface area contributed by atoms with Crippen molar-refractivity contribution >= 4 is 52.8 Å². The van der Waals surface area contributed by atoms with Crippen molar-refractivity contribution in [2.45, 2.75) is 0 Å². The van der Waals surface area contributed by atoms with E-state index in [1.165, 1.54) is 7.11 Å². The fourth-order valence-corrected chi connectivity index (χ4v) is 1.90. The summed E-state index contributed by atoms with van der Waals surface area (Å²) >= 11 is 3.31. The summed E-state index contributed by atoms with van der Waals surface area (Å²) in [5.74, 6) is 0.575. The monoisotopic (exact) mass is 416 g/mol. The number of benzene rings is 1. The number of halogens is 2. The Labute approximate surface area is 108 Å². The molecule has 0 spiro atoms. The molecule has 0 saturated heterocycles. The molecule has 0 unspecified atom stereocenters. The van der Waals surface area contributed by atoms with Gasteiger partial charge >= 0.3 is 0 Å². The highest BCUT2D eigenvalue weighted by atomic mass is 127. The molecule has 1 aromatic carbocycles. The minimum Gasteiger partial charge on any atom is -0.497 e. The fourth-order valence-electron chi connectivity index (χ4n) is 0.984. The van der Waals surface area contributed by atoms with Crippen LogP contribution in [0.2, 0.25) is 0 Å². The fraction of sp³-hybridized carbons (Fsp3) is 0.111. The molecule has 0 N–H and O–H groups in total. The first kappa shape index (κ1) is 11.9. The van der Waals surface area contributed by atoms with Crippen LogP contribution in [0, 0.1) is 0 Å². The molecule has 0 atom stereocenters. The third kappa shape index (κ3) is 2.66. The highest BCUT2D eigenvalue weighted by Gasteiger charge is 2.13. The number of hydrogen-bond donors (Lipinski definition) is 0. The van der Waals surface area contributed by atoms with Gasteiger partial charge in [0.15, 0.2) is 0 Å². The van der Waals surface area contributed by atoms with Crippen LogP contribution in [0.5, 0.6) is 5.75 Å². The van der Waals surface area contributed by atoms with Crippen LogP contribution in [0.4, 0.5) is 0 Å². The zero-order valence-corrected chi connectivity index (χ0v) is 11.5. The van der Waals surface area contributed by atoms with Gasteiger partial charge in [0, 0.05) is 56.3 Å². The summed E-state index contributed by atoms with van der Waals surface area (Å²) in [6, 6.07) is 4.83.